The van der Waals surface area contributed by atoms with E-state index in [4.69, 9.17) is 10.2 Å². The molecule has 0 aliphatic carbocycles. The lowest BCUT2D eigenvalue weighted by Gasteiger charge is -2.02. The molecule has 0 unspecified atom stereocenters. The van der Waals surface area contributed by atoms with Crippen molar-refractivity contribution in [1.82, 2.24) is 5.32 Å². The van der Waals surface area contributed by atoms with Gasteiger partial charge in [-0.1, -0.05) is 0 Å². The number of hydrogen-bond acceptors (Lipinski definition) is 5. The molecule has 0 spiro atoms. The normalized spacial score (nSPS) is 9.88. The van der Waals surface area contributed by atoms with E-state index in [1.165, 1.54) is 6.07 Å². The third-order valence-electron chi connectivity index (χ3n) is 1.79. The maximum Gasteiger partial charge on any atom is 0.325 e. The van der Waals surface area contributed by atoms with Gasteiger partial charge in [-0.15, -0.1) is 0 Å². The number of hydrogen-bond donors (Lipinski definition) is 2. The van der Waals surface area contributed by atoms with Crippen LogP contribution in [0.1, 0.15) is 23.2 Å². The zero-order valence-electron chi connectivity index (χ0n) is 8.99. The fraction of sp³-hybridized carbons (Fsp3) is 0.400. The minimum Gasteiger partial charge on any atom is -0.465 e. The zero-order valence-corrected chi connectivity index (χ0v) is 8.99. The number of furan rings is 1. The molecule has 3 N–H and O–H groups in total. The van der Waals surface area contributed by atoms with Gasteiger partial charge in [0.2, 0.25) is 0 Å². The Morgan fingerprint density at radius 2 is 2.25 bits per heavy atom. The van der Waals surface area contributed by atoms with Crippen molar-refractivity contribution in [3.63, 3.8) is 0 Å². The quantitative estimate of drug-likeness (QED) is 0.691. The molecule has 88 valence electrons. The molecule has 16 heavy (non-hydrogen) atoms. The van der Waals surface area contributed by atoms with E-state index in [1.54, 1.807) is 13.0 Å². The van der Waals surface area contributed by atoms with E-state index >= 15 is 0 Å². The van der Waals surface area contributed by atoms with Crippen LogP contribution in [0, 0.1) is 0 Å². The number of nitrogens with one attached hydrogen (secondary N) is 1. The highest BCUT2D eigenvalue weighted by Gasteiger charge is 2.12. The Hall–Kier alpha value is -1.82. The maximum absolute atomic E-state index is 11.4. The standard InChI is InChI=1S/C10H14N2O4/c1-2-15-9(13)6-12-10(14)8-4-3-7(5-11)16-8/h3-4H,2,5-6,11H2,1H3,(H,12,14). The predicted octanol–water partition coefficient (Wildman–Crippen LogP) is 0.0312. The number of carbonyl (C=O) groups is 2. The Kier molecular flexibility index (Phi) is 4.53. The molecular weight excluding hydrogens is 212 g/mol. The van der Waals surface area contributed by atoms with Gasteiger partial charge < -0.3 is 20.2 Å². The Labute approximate surface area is 92.7 Å². The van der Waals surface area contributed by atoms with Gasteiger partial charge in [0.25, 0.3) is 5.91 Å². The molecule has 0 saturated carbocycles. The van der Waals surface area contributed by atoms with Gasteiger partial charge in [0.1, 0.15) is 12.3 Å². The van der Waals surface area contributed by atoms with Crippen LogP contribution < -0.4 is 11.1 Å². The minimum atomic E-state index is -0.485. The molecule has 0 bridgehead atoms. The van der Waals surface area contributed by atoms with Gasteiger partial charge >= 0.3 is 5.97 Å². The highest BCUT2D eigenvalue weighted by Crippen LogP contribution is 2.06. The van der Waals surface area contributed by atoms with Crippen LogP contribution in [0.3, 0.4) is 0 Å². The van der Waals surface area contributed by atoms with E-state index in [-0.39, 0.29) is 25.5 Å². The third-order valence-corrected chi connectivity index (χ3v) is 1.79. The molecule has 1 amide bonds. The first-order valence-corrected chi connectivity index (χ1v) is 4.90. The predicted molar refractivity (Wildman–Crippen MR) is 55.6 cm³/mol. The fourth-order valence-electron chi connectivity index (χ4n) is 1.06. The van der Waals surface area contributed by atoms with E-state index in [2.05, 4.69) is 10.1 Å². The summed E-state index contributed by atoms with van der Waals surface area (Å²) in [7, 11) is 0. The van der Waals surface area contributed by atoms with E-state index in [1.807, 2.05) is 0 Å². The second-order valence-electron chi connectivity index (χ2n) is 2.96. The zero-order chi connectivity index (χ0) is 12.0. The van der Waals surface area contributed by atoms with E-state index in [9.17, 15) is 9.59 Å². The van der Waals surface area contributed by atoms with Crippen LogP contribution in [-0.2, 0) is 16.1 Å². The first-order valence-electron chi connectivity index (χ1n) is 4.90. The van der Waals surface area contributed by atoms with Crippen molar-refractivity contribution in [2.45, 2.75) is 13.5 Å². The van der Waals surface area contributed by atoms with Gasteiger partial charge in [0.15, 0.2) is 5.76 Å². The van der Waals surface area contributed by atoms with Gasteiger partial charge in [-0.2, -0.15) is 0 Å². The second-order valence-corrected chi connectivity index (χ2v) is 2.96. The van der Waals surface area contributed by atoms with Crippen molar-refractivity contribution < 1.29 is 18.7 Å². The van der Waals surface area contributed by atoms with E-state index < -0.39 is 11.9 Å². The summed E-state index contributed by atoms with van der Waals surface area (Å²) < 4.78 is 9.75. The van der Waals surface area contributed by atoms with Crippen LogP contribution in [0.25, 0.3) is 0 Å². The van der Waals surface area contributed by atoms with Crippen LogP contribution in [-0.4, -0.2) is 25.0 Å². The molecule has 1 rings (SSSR count). The average molecular weight is 226 g/mol. The van der Waals surface area contributed by atoms with Crippen molar-refractivity contribution in [1.29, 1.82) is 0 Å². The highest BCUT2D eigenvalue weighted by atomic mass is 16.5. The van der Waals surface area contributed by atoms with E-state index in [0.717, 1.165) is 0 Å². The number of nitrogens with two attached hydrogens (primary N) is 1. The largest absolute Gasteiger partial charge is 0.465 e. The summed E-state index contributed by atoms with van der Waals surface area (Å²) in [4.78, 5) is 22.4. The lowest BCUT2D eigenvalue weighted by Crippen LogP contribution is -2.30. The molecule has 0 saturated heterocycles. The Bertz CT molecular complexity index is 373. The number of amides is 1. The summed E-state index contributed by atoms with van der Waals surface area (Å²) in [6.45, 7) is 2.03. The smallest absolute Gasteiger partial charge is 0.325 e. The van der Waals surface area contributed by atoms with Gasteiger partial charge in [0, 0.05) is 0 Å². The number of rotatable bonds is 5. The summed E-state index contributed by atoms with van der Waals surface area (Å²) in [5.41, 5.74) is 5.33. The van der Waals surface area contributed by atoms with Crippen LogP contribution >= 0.6 is 0 Å². The summed E-state index contributed by atoms with van der Waals surface area (Å²) in [5, 5.41) is 2.37. The maximum atomic E-state index is 11.4. The molecule has 6 heteroatoms. The summed E-state index contributed by atoms with van der Waals surface area (Å²) in [5.74, 6) is -0.305. The van der Waals surface area contributed by atoms with Crippen LogP contribution in [0.15, 0.2) is 16.5 Å². The van der Waals surface area contributed by atoms with Crippen LogP contribution in [0.5, 0.6) is 0 Å². The average Bonchev–Trinajstić information content (AvgIpc) is 2.75. The molecule has 0 aromatic carbocycles. The molecule has 1 aromatic heterocycles. The third kappa shape index (κ3) is 3.39. The topological polar surface area (TPSA) is 94.6 Å². The van der Waals surface area contributed by atoms with Gasteiger partial charge in [-0.3, -0.25) is 9.59 Å². The molecule has 0 aliphatic rings. The van der Waals surface area contributed by atoms with Crippen molar-refractivity contribution in [2.75, 3.05) is 13.2 Å². The van der Waals surface area contributed by atoms with Gasteiger partial charge in [-0.05, 0) is 19.1 Å². The van der Waals surface area contributed by atoms with E-state index in [0.29, 0.717) is 5.76 Å². The number of ether oxygens (including phenoxy) is 1. The van der Waals surface area contributed by atoms with Crippen molar-refractivity contribution in [3.05, 3.63) is 23.7 Å². The summed E-state index contributed by atoms with van der Waals surface area (Å²) >= 11 is 0. The summed E-state index contributed by atoms with van der Waals surface area (Å²) in [6, 6.07) is 3.11. The van der Waals surface area contributed by atoms with Crippen molar-refractivity contribution >= 4 is 11.9 Å². The van der Waals surface area contributed by atoms with Crippen LogP contribution in [0.4, 0.5) is 0 Å². The Morgan fingerprint density at radius 1 is 1.50 bits per heavy atom. The van der Waals surface area contributed by atoms with Crippen molar-refractivity contribution in [2.24, 2.45) is 5.73 Å². The highest BCUT2D eigenvalue weighted by molar-refractivity contribution is 5.93. The molecule has 6 nitrogen and oxygen atoms in total. The van der Waals surface area contributed by atoms with Gasteiger partial charge in [-0.25, -0.2) is 0 Å². The van der Waals surface area contributed by atoms with Gasteiger partial charge in [0.05, 0.1) is 13.2 Å². The second kappa shape index (κ2) is 5.92. The molecule has 0 radical (unpaired) electrons. The van der Waals surface area contributed by atoms with Crippen molar-refractivity contribution in [3.8, 4) is 0 Å². The Morgan fingerprint density at radius 3 is 2.81 bits per heavy atom. The molecule has 0 atom stereocenters. The Balaban J connectivity index is 2.43. The molecule has 1 heterocycles. The summed E-state index contributed by atoms with van der Waals surface area (Å²) in [6.07, 6.45) is 0. The minimum absolute atomic E-state index is 0.129. The first-order chi connectivity index (χ1) is 7.67. The number of carbonyl (C=O) groups excluding carboxylic acids is 2. The fourth-order valence-corrected chi connectivity index (χ4v) is 1.06. The number of esters is 1. The SMILES string of the molecule is CCOC(=O)CNC(=O)c1ccc(CN)o1. The lowest BCUT2D eigenvalue weighted by molar-refractivity contribution is -0.141. The molecule has 1 aromatic rings. The monoisotopic (exact) mass is 226 g/mol. The molecule has 0 aliphatic heterocycles. The molecular formula is C10H14N2O4. The first kappa shape index (κ1) is 12.3. The van der Waals surface area contributed by atoms with Crippen LogP contribution in [0.2, 0.25) is 0 Å². The molecule has 0 fully saturated rings. The lowest BCUT2D eigenvalue weighted by atomic mass is 10.4.